The van der Waals surface area contributed by atoms with Gasteiger partial charge in [-0.15, -0.1) is 0 Å². The first-order valence-electron chi connectivity index (χ1n) is 8.77. The van der Waals surface area contributed by atoms with Gasteiger partial charge in [-0.05, 0) is 43.3 Å². The lowest BCUT2D eigenvalue weighted by atomic mass is 10.2. The molecule has 0 atom stereocenters. The minimum absolute atomic E-state index is 0.183. The molecular formula is C19H22N2O6S. The predicted molar refractivity (Wildman–Crippen MR) is 106 cm³/mol. The van der Waals surface area contributed by atoms with E-state index in [2.05, 4.69) is 5.32 Å². The molecular weight excluding hydrogens is 384 g/mol. The summed E-state index contributed by atoms with van der Waals surface area (Å²) in [4.78, 5) is 12.1. The molecule has 2 aromatic rings. The average Bonchev–Trinajstić information content (AvgIpc) is 2.67. The standard InChI is InChI=1S/C19H22N2O6S/c1-3-21(28(2,23)24)15-5-7-16(8-6-15)27-13-19(22)20-14-4-9-17-18(12-14)26-11-10-25-17/h4-9,12H,3,10-11,13H2,1-2H3,(H,20,22). The van der Waals surface area contributed by atoms with Crippen LogP contribution in [0.2, 0.25) is 0 Å². The van der Waals surface area contributed by atoms with Crippen molar-refractivity contribution < 1.29 is 27.4 Å². The van der Waals surface area contributed by atoms with Crippen molar-refractivity contribution in [2.75, 3.05) is 42.2 Å². The summed E-state index contributed by atoms with van der Waals surface area (Å²) in [7, 11) is -3.34. The number of hydrogen-bond donors (Lipinski definition) is 1. The van der Waals surface area contributed by atoms with Gasteiger partial charge in [0.05, 0.1) is 11.9 Å². The van der Waals surface area contributed by atoms with Crippen LogP contribution in [0.15, 0.2) is 42.5 Å². The summed E-state index contributed by atoms with van der Waals surface area (Å²) in [6.45, 7) is 2.88. The number of nitrogens with zero attached hydrogens (tertiary/aromatic N) is 1. The molecule has 1 amide bonds. The van der Waals surface area contributed by atoms with Crippen molar-refractivity contribution in [3.05, 3.63) is 42.5 Å². The molecule has 0 bridgehead atoms. The number of nitrogens with one attached hydrogen (secondary N) is 1. The number of sulfonamides is 1. The molecule has 2 aromatic carbocycles. The molecule has 1 aliphatic heterocycles. The smallest absolute Gasteiger partial charge is 0.262 e. The maximum absolute atomic E-state index is 12.1. The van der Waals surface area contributed by atoms with Crippen molar-refractivity contribution in [2.45, 2.75) is 6.92 Å². The van der Waals surface area contributed by atoms with Gasteiger partial charge in [-0.2, -0.15) is 0 Å². The number of ether oxygens (including phenoxy) is 3. The minimum atomic E-state index is -3.34. The number of rotatable bonds is 7. The second-order valence-corrected chi connectivity index (χ2v) is 8.02. The Kier molecular flexibility index (Phi) is 5.93. The van der Waals surface area contributed by atoms with E-state index in [4.69, 9.17) is 14.2 Å². The number of amides is 1. The fourth-order valence-electron chi connectivity index (χ4n) is 2.78. The Hall–Kier alpha value is -2.94. The van der Waals surface area contributed by atoms with Crippen LogP contribution in [0.5, 0.6) is 17.2 Å². The SMILES string of the molecule is CCN(c1ccc(OCC(=O)Nc2ccc3c(c2)OCCO3)cc1)S(C)(=O)=O. The highest BCUT2D eigenvalue weighted by molar-refractivity contribution is 7.92. The molecule has 1 heterocycles. The van der Waals surface area contributed by atoms with Crippen LogP contribution < -0.4 is 23.8 Å². The molecule has 1 aliphatic rings. The van der Waals surface area contributed by atoms with Gasteiger partial charge in [0.25, 0.3) is 5.91 Å². The topological polar surface area (TPSA) is 94.2 Å². The van der Waals surface area contributed by atoms with Gasteiger partial charge in [-0.3, -0.25) is 9.10 Å². The molecule has 8 nitrogen and oxygen atoms in total. The predicted octanol–water partition coefficient (Wildman–Crippen LogP) is 2.26. The molecule has 0 radical (unpaired) electrons. The Bertz CT molecular complexity index is 943. The van der Waals surface area contributed by atoms with E-state index >= 15 is 0 Å². The first kappa shape index (κ1) is 19.8. The van der Waals surface area contributed by atoms with Gasteiger partial charge < -0.3 is 19.5 Å². The van der Waals surface area contributed by atoms with Crippen molar-refractivity contribution >= 4 is 27.3 Å². The van der Waals surface area contributed by atoms with Crippen LogP contribution in [0.4, 0.5) is 11.4 Å². The number of carbonyl (C=O) groups is 1. The monoisotopic (exact) mass is 406 g/mol. The summed E-state index contributed by atoms with van der Waals surface area (Å²) in [6, 6.07) is 11.7. The maximum Gasteiger partial charge on any atom is 0.262 e. The zero-order valence-corrected chi connectivity index (χ0v) is 16.5. The fourth-order valence-corrected chi connectivity index (χ4v) is 3.76. The van der Waals surface area contributed by atoms with Crippen molar-refractivity contribution in [1.82, 2.24) is 0 Å². The maximum atomic E-state index is 12.1. The van der Waals surface area contributed by atoms with Crippen LogP contribution in [0.25, 0.3) is 0 Å². The van der Waals surface area contributed by atoms with Gasteiger partial charge in [0.2, 0.25) is 10.0 Å². The van der Waals surface area contributed by atoms with Crippen LogP contribution in [0, 0.1) is 0 Å². The van der Waals surface area contributed by atoms with Crippen LogP contribution in [0.3, 0.4) is 0 Å². The van der Waals surface area contributed by atoms with Crippen molar-refractivity contribution in [3.63, 3.8) is 0 Å². The fraction of sp³-hybridized carbons (Fsp3) is 0.316. The summed E-state index contributed by atoms with van der Waals surface area (Å²) in [5.41, 5.74) is 1.12. The van der Waals surface area contributed by atoms with Crippen molar-refractivity contribution in [1.29, 1.82) is 0 Å². The quantitative estimate of drug-likeness (QED) is 0.758. The summed E-state index contributed by atoms with van der Waals surface area (Å²) in [6.07, 6.45) is 1.16. The summed E-state index contributed by atoms with van der Waals surface area (Å²) >= 11 is 0. The zero-order chi connectivity index (χ0) is 20.1. The lowest BCUT2D eigenvalue weighted by Gasteiger charge is -2.20. The zero-order valence-electron chi connectivity index (χ0n) is 15.7. The van der Waals surface area contributed by atoms with Crippen LogP contribution in [0.1, 0.15) is 6.92 Å². The van der Waals surface area contributed by atoms with Gasteiger partial charge in [0.15, 0.2) is 18.1 Å². The third-order valence-electron chi connectivity index (χ3n) is 4.01. The van der Waals surface area contributed by atoms with E-state index < -0.39 is 10.0 Å². The van der Waals surface area contributed by atoms with Gasteiger partial charge in [0.1, 0.15) is 19.0 Å². The second kappa shape index (κ2) is 8.39. The number of carbonyl (C=O) groups excluding carboxylic acids is 1. The average molecular weight is 406 g/mol. The Morgan fingerprint density at radius 2 is 1.79 bits per heavy atom. The third kappa shape index (κ3) is 4.86. The van der Waals surface area contributed by atoms with Crippen LogP contribution in [-0.4, -0.2) is 46.9 Å². The van der Waals surface area contributed by atoms with E-state index in [1.807, 2.05) is 0 Å². The molecule has 150 valence electrons. The highest BCUT2D eigenvalue weighted by Crippen LogP contribution is 2.32. The minimum Gasteiger partial charge on any atom is -0.486 e. The number of hydrogen-bond acceptors (Lipinski definition) is 6. The lowest BCUT2D eigenvalue weighted by Crippen LogP contribution is -2.29. The first-order valence-corrected chi connectivity index (χ1v) is 10.6. The third-order valence-corrected chi connectivity index (χ3v) is 5.28. The molecule has 0 spiro atoms. The van der Waals surface area contributed by atoms with Crippen LogP contribution >= 0.6 is 0 Å². The Balaban J connectivity index is 1.56. The molecule has 0 saturated carbocycles. The lowest BCUT2D eigenvalue weighted by molar-refractivity contribution is -0.118. The second-order valence-electron chi connectivity index (χ2n) is 6.12. The summed E-state index contributed by atoms with van der Waals surface area (Å²) in [5, 5.41) is 2.73. The van der Waals surface area contributed by atoms with Crippen LogP contribution in [-0.2, 0) is 14.8 Å². The number of fused-ring (bicyclic) bond motifs is 1. The first-order chi connectivity index (χ1) is 13.4. The molecule has 0 saturated heterocycles. The van der Waals surface area contributed by atoms with Gasteiger partial charge in [-0.1, -0.05) is 0 Å². The van der Waals surface area contributed by atoms with Gasteiger partial charge >= 0.3 is 0 Å². The largest absolute Gasteiger partial charge is 0.486 e. The van der Waals surface area contributed by atoms with Gasteiger partial charge in [-0.25, -0.2) is 8.42 Å². The normalized spacial score (nSPS) is 12.9. The van der Waals surface area contributed by atoms with Gasteiger partial charge in [0, 0.05) is 18.3 Å². The van der Waals surface area contributed by atoms with E-state index in [0.29, 0.717) is 48.4 Å². The van der Waals surface area contributed by atoms with Crippen molar-refractivity contribution in [2.24, 2.45) is 0 Å². The van der Waals surface area contributed by atoms with E-state index in [-0.39, 0.29) is 12.5 Å². The van der Waals surface area contributed by atoms with E-state index in [1.54, 1.807) is 49.4 Å². The molecule has 0 fully saturated rings. The Morgan fingerprint density at radius 1 is 1.11 bits per heavy atom. The van der Waals surface area contributed by atoms with E-state index in [0.717, 1.165) is 6.26 Å². The molecule has 9 heteroatoms. The highest BCUT2D eigenvalue weighted by atomic mass is 32.2. The summed E-state index contributed by atoms with van der Waals surface area (Å²) in [5.74, 6) is 1.38. The molecule has 1 N–H and O–H groups in total. The molecule has 0 aliphatic carbocycles. The molecule has 3 rings (SSSR count). The molecule has 28 heavy (non-hydrogen) atoms. The highest BCUT2D eigenvalue weighted by Gasteiger charge is 2.15. The molecule has 0 unspecified atom stereocenters. The Morgan fingerprint density at radius 3 is 2.43 bits per heavy atom. The van der Waals surface area contributed by atoms with E-state index in [1.165, 1.54) is 4.31 Å². The summed E-state index contributed by atoms with van der Waals surface area (Å²) < 4.78 is 41.2. The van der Waals surface area contributed by atoms with Crippen molar-refractivity contribution in [3.8, 4) is 17.2 Å². The number of benzene rings is 2. The number of anilines is 2. The Labute approximate surface area is 164 Å². The molecule has 0 aromatic heterocycles. The van der Waals surface area contributed by atoms with E-state index in [9.17, 15) is 13.2 Å².